The Bertz CT molecular complexity index is 729. The highest BCUT2D eigenvalue weighted by Crippen LogP contribution is 2.34. The number of rotatable bonds is 12. The molecular formula is C26H38NO6-. The second-order valence-corrected chi connectivity index (χ2v) is 8.97. The van der Waals surface area contributed by atoms with E-state index in [1.54, 1.807) is 0 Å². The van der Waals surface area contributed by atoms with Gasteiger partial charge in [0, 0.05) is 25.3 Å². The largest absolute Gasteiger partial charge is 0.829 e. The number of carbonyl (C=O) groups is 1. The van der Waals surface area contributed by atoms with Gasteiger partial charge in [-0.15, -0.1) is 6.58 Å². The van der Waals surface area contributed by atoms with Crippen LogP contribution in [-0.4, -0.2) is 59.7 Å². The molecule has 7 heteroatoms. The summed E-state index contributed by atoms with van der Waals surface area (Å²) in [6.07, 6.45) is 5.91. The van der Waals surface area contributed by atoms with Crippen LogP contribution in [0.3, 0.4) is 0 Å². The van der Waals surface area contributed by atoms with E-state index in [-0.39, 0.29) is 12.5 Å². The van der Waals surface area contributed by atoms with Crippen molar-refractivity contribution in [1.82, 2.24) is 4.90 Å². The Morgan fingerprint density at radius 2 is 1.79 bits per heavy atom. The number of benzene rings is 1. The highest BCUT2D eigenvalue weighted by atomic mass is 16.7. The van der Waals surface area contributed by atoms with Crippen LogP contribution in [-0.2, 0) is 19.0 Å². The maximum Gasteiger partial charge on any atom is 0.219 e. The molecule has 2 saturated heterocycles. The quantitative estimate of drug-likeness (QED) is 0.381. The zero-order valence-corrected chi connectivity index (χ0v) is 19.6. The molecule has 2 fully saturated rings. The van der Waals surface area contributed by atoms with Gasteiger partial charge in [0.25, 0.3) is 0 Å². The lowest BCUT2D eigenvalue weighted by atomic mass is 9.94. The molecule has 184 valence electrons. The standard InChI is InChI=1S/C26H38NO6/c1-3-4-5-6-7-8-9-10-14-17-27(19(2)28)22-23(29)24-21(32-25(22)30)18-31-26(33-24)20-15-12-11-13-16-20/h3,11-13,15-16,21-26,29H,1,4-10,14,17-18H2,2H3/q-1/t21-,22-,23-,24-,25-,26?/m1/s1. The first-order valence-electron chi connectivity index (χ1n) is 12.2. The molecule has 0 aliphatic carbocycles. The average molecular weight is 461 g/mol. The molecule has 2 aliphatic heterocycles. The van der Waals surface area contributed by atoms with Gasteiger partial charge in [0.05, 0.1) is 12.6 Å². The van der Waals surface area contributed by atoms with Crippen molar-refractivity contribution in [2.75, 3.05) is 13.2 Å². The summed E-state index contributed by atoms with van der Waals surface area (Å²) in [7, 11) is 0. The minimum Gasteiger partial charge on any atom is -0.829 e. The molecule has 0 aromatic heterocycles. The number of unbranched alkanes of at least 4 members (excludes halogenated alkanes) is 7. The van der Waals surface area contributed by atoms with E-state index in [1.165, 1.54) is 31.1 Å². The van der Waals surface area contributed by atoms with Gasteiger partial charge in [-0.1, -0.05) is 68.5 Å². The van der Waals surface area contributed by atoms with Crippen LogP contribution in [0, 0.1) is 0 Å². The van der Waals surface area contributed by atoms with E-state index >= 15 is 0 Å². The van der Waals surface area contributed by atoms with E-state index in [0.29, 0.717) is 6.54 Å². The van der Waals surface area contributed by atoms with Gasteiger partial charge in [-0.25, -0.2) is 0 Å². The Morgan fingerprint density at radius 3 is 2.45 bits per heavy atom. The summed E-state index contributed by atoms with van der Waals surface area (Å²) in [6, 6.07) is 8.46. The topological polar surface area (TPSA) is 91.3 Å². The number of aliphatic hydroxyl groups excluding tert-OH is 1. The zero-order chi connectivity index (χ0) is 23.6. The second-order valence-electron chi connectivity index (χ2n) is 8.97. The summed E-state index contributed by atoms with van der Waals surface area (Å²) in [6.45, 7) is 5.75. The molecule has 1 aromatic carbocycles. The summed E-state index contributed by atoms with van der Waals surface area (Å²) < 4.78 is 17.4. The van der Waals surface area contributed by atoms with Crippen LogP contribution in [0.2, 0.25) is 0 Å². The summed E-state index contributed by atoms with van der Waals surface area (Å²) in [5.74, 6) is -0.238. The zero-order valence-electron chi connectivity index (χ0n) is 19.6. The maximum absolute atomic E-state index is 12.8. The number of ether oxygens (including phenoxy) is 3. The fraction of sp³-hybridized carbons (Fsp3) is 0.654. The third-order valence-corrected chi connectivity index (χ3v) is 6.48. The third kappa shape index (κ3) is 7.11. The van der Waals surface area contributed by atoms with Gasteiger partial charge in [0.1, 0.15) is 18.3 Å². The van der Waals surface area contributed by atoms with Gasteiger partial charge in [-0.3, -0.25) is 4.79 Å². The molecular weight excluding hydrogens is 422 g/mol. The van der Waals surface area contributed by atoms with Gasteiger partial charge >= 0.3 is 0 Å². The van der Waals surface area contributed by atoms with Crippen LogP contribution < -0.4 is 5.11 Å². The smallest absolute Gasteiger partial charge is 0.219 e. The summed E-state index contributed by atoms with van der Waals surface area (Å²) in [4.78, 5) is 13.9. The summed E-state index contributed by atoms with van der Waals surface area (Å²) in [5.41, 5.74) is 0.830. The van der Waals surface area contributed by atoms with Gasteiger partial charge in [0.2, 0.25) is 5.91 Å². The molecule has 1 N–H and O–H groups in total. The van der Waals surface area contributed by atoms with Crippen LogP contribution in [0.5, 0.6) is 0 Å². The van der Waals surface area contributed by atoms with Crippen LogP contribution in [0.4, 0.5) is 0 Å². The molecule has 1 aromatic rings. The Hall–Kier alpha value is -1.77. The SMILES string of the molecule is C=CCCCCCCCCCN(C(C)=O)[C@@H]1[C@@H](O)[C@@H]2OC(c3ccccc3)OC[C@H]2O[C@H]1[O-]. The monoisotopic (exact) mass is 460 g/mol. The van der Waals surface area contributed by atoms with Crippen molar-refractivity contribution in [3.8, 4) is 0 Å². The van der Waals surface area contributed by atoms with Crippen molar-refractivity contribution in [2.45, 2.75) is 95.2 Å². The van der Waals surface area contributed by atoms with Gasteiger partial charge < -0.3 is 29.3 Å². The van der Waals surface area contributed by atoms with Crippen LogP contribution >= 0.6 is 0 Å². The van der Waals surface area contributed by atoms with E-state index in [2.05, 4.69) is 6.58 Å². The number of fused-ring (bicyclic) bond motifs is 1. The highest BCUT2D eigenvalue weighted by Gasteiger charge is 2.48. The lowest BCUT2D eigenvalue weighted by Crippen LogP contribution is -2.69. The number of hydrogen-bond acceptors (Lipinski definition) is 6. The normalized spacial score (nSPS) is 29.3. The van der Waals surface area contributed by atoms with Crippen LogP contribution in [0.1, 0.15) is 70.1 Å². The van der Waals surface area contributed by atoms with E-state index in [9.17, 15) is 15.0 Å². The average Bonchev–Trinajstić information content (AvgIpc) is 2.82. The summed E-state index contributed by atoms with van der Waals surface area (Å²) in [5, 5.41) is 23.9. The minimum absolute atomic E-state index is 0.152. The van der Waals surface area contributed by atoms with Crippen molar-refractivity contribution >= 4 is 5.91 Å². The molecule has 1 amide bonds. The summed E-state index contributed by atoms with van der Waals surface area (Å²) >= 11 is 0. The first kappa shape index (κ1) is 25.8. The Morgan fingerprint density at radius 1 is 1.12 bits per heavy atom. The number of aliphatic hydroxyl groups is 1. The van der Waals surface area contributed by atoms with Crippen molar-refractivity contribution in [2.24, 2.45) is 0 Å². The first-order valence-corrected chi connectivity index (χ1v) is 12.2. The molecule has 2 heterocycles. The molecule has 0 radical (unpaired) electrons. The van der Waals surface area contributed by atoms with E-state index in [1.807, 2.05) is 36.4 Å². The Balaban J connectivity index is 1.53. The predicted octanol–water partition coefficient (Wildman–Crippen LogP) is 3.07. The molecule has 0 spiro atoms. The van der Waals surface area contributed by atoms with Crippen molar-refractivity contribution in [3.05, 3.63) is 48.6 Å². The van der Waals surface area contributed by atoms with Crippen molar-refractivity contribution in [1.29, 1.82) is 0 Å². The lowest BCUT2D eigenvalue weighted by Gasteiger charge is -2.53. The fourth-order valence-corrected chi connectivity index (χ4v) is 4.66. The molecule has 0 saturated carbocycles. The number of carbonyl (C=O) groups excluding carboxylic acids is 1. The second kappa shape index (κ2) is 13.2. The minimum atomic E-state index is -1.55. The van der Waals surface area contributed by atoms with Crippen LogP contribution in [0.25, 0.3) is 0 Å². The predicted molar refractivity (Wildman–Crippen MR) is 123 cm³/mol. The Labute approximate surface area is 197 Å². The Kier molecular flexibility index (Phi) is 10.3. The molecule has 2 aliphatic rings. The molecule has 33 heavy (non-hydrogen) atoms. The number of allylic oxidation sites excluding steroid dienone is 1. The molecule has 1 unspecified atom stereocenters. The number of amides is 1. The highest BCUT2D eigenvalue weighted by molar-refractivity contribution is 5.73. The lowest BCUT2D eigenvalue weighted by molar-refractivity contribution is -0.532. The first-order chi connectivity index (χ1) is 16.0. The molecule has 0 bridgehead atoms. The van der Waals surface area contributed by atoms with Gasteiger partial charge in [-0.05, 0) is 19.3 Å². The van der Waals surface area contributed by atoms with Crippen LogP contribution in [0.15, 0.2) is 43.0 Å². The van der Waals surface area contributed by atoms with Crippen molar-refractivity contribution in [3.63, 3.8) is 0 Å². The number of nitrogens with zero attached hydrogens (tertiary/aromatic N) is 1. The third-order valence-electron chi connectivity index (χ3n) is 6.48. The fourth-order valence-electron chi connectivity index (χ4n) is 4.66. The van der Waals surface area contributed by atoms with Gasteiger partial charge in [-0.2, -0.15) is 0 Å². The van der Waals surface area contributed by atoms with E-state index in [4.69, 9.17) is 14.2 Å². The van der Waals surface area contributed by atoms with Gasteiger partial charge in [0.15, 0.2) is 6.29 Å². The molecule has 3 rings (SSSR count). The van der Waals surface area contributed by atoms with E-state index < -0.39 is 36.9 Å². The van der Waals surface area contributed by atoms with E-state index in [0.717, 1.165) is 37.7 Å². The van der Waals surface area contributed by atoms with Crippen molar-refractivity contribution < 1.29 is 29.2 Å². The maximum atomic E-state index is 12.8. The number of hydrogen-bond donors (Lipinski definition) is 1. The molecule has 6 atom stereocenters. The molecule has 7 nitrogen and oxygen atoms in total.